The van der Waals surface area contributed by atoms with Crippen LogP contribution in [0, 0.1) is 13.8 Å². The third-order valence-corrected chi connectivity index (χ3v) is 4.92. The monoisotopic (exact) mass is 323 g/mol. The summed E-state index contributed by atoms with van der Waals surface area (Å²) in [7, 11) is 0. The number of fused-ring (bicyclic) bond motifs is 2. The zero-order chi connectivity index (χ0) is 17.4. The lowest BCUT2D eigenvalue weighted by Gasteiger charge is -2.09. The van der Waals surface area contributed by atoms with Crippen molar-refractivity contribution in [2.45, 2.75) is 20.4 Å². The molecular formula is C24H21N. The van der Waals surface area contributed by atoms with E-state index in [2.05, 4.69) is 73.9 Å². The molecule has 122 valence electrons. The SMILES string of the molecule is C=c1c2ccccc2c2c3c(ccc(C)c13)=NC2.Cc1ccccc1. The van der Waals surface area contributed by atoms with Crippen LogP contribution in [0.15, 0.2) is 71.7 Å². The molecule has 1 aliphatic heterocycles. The van der Waals surface area contributed by atoms with Gasteiger partial charge in [0.05, 0.1) is 11.9 Å². The Balaban J connectivity index is 0.000000190. The number of benzene rings is 4. The molecule has 4 aromatic rings. The highest BCUT2D eigenvalue weighted by atomic mass is 14.7. The second kappa shape index (κ2) is 6.18. The van der Waals surface area contributed by atoms with Crippen LogP contribution in [0.25, 0.3) is 28.1 Å². The normalized spacial score (nSPS) is 11.9. The van der Waals surface area contributed by atoms with Gasteiger partial charge in [-0.3, -0.25) is 4.99 Å². The highest BCUT2D eigenvalue weighted by Gasteiger charge is 2.15. The summed E-state index contributed by atoms with van der Waals surface area (Å²) in [5.74, 6) is 0. The summed E-state index contributed by atoms with van der Waals surface area (Å²) < 4.78 is 0. The lowest BCUT2D eigenvalue weighted by molar-refractivity contribution is 1.08. The fourth-order valence-electron chi connectivity index (χ4n) is 3.66. The molecule has 0 unspecified atom stereocenters. The van der Waals surface area contributed by atoms with Crippen LogP contribution < -0.4 is 10.6 Å². The molecule has 0 amide bonds. The highest BCUT2D eigenvalue weighted by Crippen LogP contribution is 2.27. The van der Waals surface area contributed by atoms with Gasteiger partial charge in [0.2, 0.25) is 0 Å². The van der Waals surface area contributed by atoms with Crippen LogP contribution >= 0.6 is 0 Å². The van der Waals surface area contributed by atoms with Gasteiger partial charge in [-0.2, -0.15) is 0 Å². The van der Waals surface area contributed by atoms with Crippen LogP contribution in [0.1, 0.15) is 16.7 Å². The average molecular weight is 323 g/mol. The van der Waals surface area contributed by atoms with Crippen LogP contribution in [-0.2, 0) is 6.54 Å². The Morgan fingerprint density at radius 1 is 0.760 bits per heavy atom. The van der Waals surface area contributed by atoms with Gasteiger partial charge in [-0.15, -0.1) is 0 Å². The van der Waals surface area contributed by atoms with E-state index in [1.807, 2.05) is 18.2 Å². The average Bonchev–Trinajstić information content (AvgIpc) is 3.06. The first-order valence-corrected chi connectivity index (χ1v) is 8.65. The van der Waals surface area contributed by atoms with Gasteiger partial charge >= 0.3 is 0 Å². The number of rotatable bonds is 0. The third kappa shape index (κ3) is 2.62. The third-order valence-electron chi connectivity index (χ3n) is 4.92. The van der Waals surface area contributed by atoms with Crippen molar-refractivity contribution in [2.24, 2.45) is 4.99 Å². The molecule has 0 N–H and O–H groups in total. The van der Waals surface area contributed by atoms with E-state index >= 15 is 0 Å². The molecule has 0 bridgehead atoms. The van der Waals surface area contributed by atoms with E-state index in [9.17, 15) is 0 Å². The zero-order valence-electron chi connectivity index (χ0n) is 14.7. The van der Waals surface area contributed by atoms with Crippen LogP contribution in [0.3, 0.4) is 0 Å². The molecule has 0 atom stereocenters. The molecule has 0 fully saturated rings. The van der Waals surface area contributed by atoms with E-state index in [0.29, 0.717) is 0 Å². The second-order valence-corrected chi connectivity index (χ2v) is 6.63. The molecule has 0 radical (unpaired) electrons. The minimum Gasteiger partial charge on any atom is -0.280 e. The van der Waals surface area contributed by atoms with Gasteiger partial charge in [0.1, 0.15) is 0 Å². The standard InChI is InChI=1S/C17H13N.C7H8/c1-10-7-8-15-17-14(9-18-15)13-6-4-3-5-12(13)11(2)16(10)17;1-7-5-3-2-4-6-7/h3-8H,2,9H2,1H3;2-6H,1H3. The van der Waals surface area contributed by atoms with Crippen molar-refractivity contribution in [1.29, 1.82) is 0 Å². The Morgan fingerprint density at radius 3 is 2.12 bits per heavy atom. The van der Waals surface area contributed by atoms with Gasteiger partial charge in [-0.1, -0.05) is 72.8 Å². The van der Waals surface area contributed by atoms with Crippen molar-refractivity contribution in [2.75, 3.05) is 0 Å². The van der Waals surface area contributed by atoms with Crippen LogP contribution in [0.5, 0.6) is 0 Å². The Bertz CT molecular complexity index is 1190. The van der Waals surface area contributed by atoms with Gasteiger partial charge in [0, 0.05) is 5.39 Å². The maximum Gasteiger partial charge on any atom is 0.0660 e. The second-order valence-electron chi connectivity index (χ2n) is 6.63. The molecule has 0 aromatic heterocycles. The van der Waals surface area contributed by atoms with E-state index in [1.165, 1.54) is 38.2 Å². The van der Waals surface area contributed by atoms with Crippen molar-refractivity contribution in [3.63, 3.8) is 0 Å². The Hall–Kier alpha value is -2.93. The molecule has 1 nitrogen and oxygen atoms in total. The molecule has 1 heterocycles. The Morgan fingerprint density at radius 2 is 1.44 bits per heavy atom. The van der Waals surface area contributed by atoms with Crippen molar-refractivity contribution < 1.29 is 0 Å². The van der Waals surface area contributed by atoms with Gasteiger partial charge < -0.3 is 0 Å². The summed E-state index contributed by atoms with van der Waals surface area (Å²) in [5.41, 5.74) is 3.98. The first kappa shape index (κ1) is 15.6. The van der Waals surface area contributed by atoms with E-state index in [0.717, 1.165) is 17.1 Å². The zero-order valence-corrected chi connectivity index (χ0v) is 14.7. The minimum absolute atomic E-state index is 0.802. The molecule has 0 saturated carbocycles. The maximum atomic E-state index is 4.65. The molecule has 25 heavy (non-hydrogen) atoms. The highest BCUT2D eigenvalue weighted by molar-refractivity contribution is 6.04. The summed E-state index contributed by atoms with van der Waals surface area (Å²) in [6.07, 6.45) is 0. The van der Waals surface area contributed by atoms with Crippen molar-refractivity contribution in [3.8, 4) is 0 Å². The smallest absolute Gasteiger partial charge is 0.0660 e. The van der Waals surface area contributed by atoms with Crippen molar-refractivity contribution in [1.82, 2.24) is 0 Å². The summed E-state index contributed by atoms with van der Waals surface area (Å²) in [5, 5.41) is 7.45. The molecule has 4 aromatic carbocycles. The minimum atomic E-state index is 0.802. The van der Waals surface area contributed by atoms with E-state index in [-0.39, 0.29) is 0 Å². The van der Waals surface area contributed by atoms with E-state index in [1.54, 1.807) is 0 Å². The number of aryl methyl sites for hydroxylation is 2. The summed E-state index contributed by atoms with van der Waals surface area (Å²) in [6.45, 7) is 9.35. The molecule has 0 spiro atoms. The number of hydrogen-bond donors (Lipinski definition) is 0. The van der Waals surface area contributed by atoms with E-state index < -0.39 is 0 Å². The largest absolute Gasteiger partial charge is 0.280 e. The van der Waals surface area contributed by atoms with Crippen molar-refractivity contribution in [3.05, 3.63) is 94.0 Å². The van der Waals surface area contributed by atoms with Crippen LogP contribution in [0.2, 0.25) is 0 Å². The molecule has 5 rings (SSSR count). The van der Waals surface area contributed by atoms with E-state index in [4.69, 9.17) is 0 Å². The lowest BCUT2D eigenvalue weighted by Crippen LogP contribution is -2.10. The topological polar surface area (TPSA) is 12.4 Å². The summed E-state index contributed by atoms with van der Waals surface area (Å²) in [6, 6.07) is 23.1. The summed E-state index contributed by atoms with van der Waals surface area (Å²) >= 11 is 0. The van der Waals surface area contributed by atoms with Crippen molar-refractivity contribution >= 4 is 28.1 Å². The first-order chi connectivity index (χ1) is 12.2. The fourth-order valence-corrected chi connectivity index (χ4v) is 3.66. The molecule has 1 aliphatic rings. The maximum absolute atomic E-state index is 4.65. The fraction of sp³-hybridized carbons (Fsp3) is 0.125. The molecular weight excluding hydrogens is 302 g/mol. The predicted octanol–water partition coefficient (Wildman–Crippen LogP) is 4.84. The number of nitrogens with zero attached hydrogens (tertiary/aromatic N) is 1. The van der Waals surface area contributed by atoms with Gasteiger partial charge in [0.15, 0.2) is 0 Å². The predicted molar refractivity (Wildman–Crippen MR) is 107 cm³/mol. The molecule has 0 saturated heterocycles. The molecule has 0 aliphatic carbocycles. The summed E-state index contributed by atoms with van der Waals surface area (Å²) in [4.78, 5) is 4.65. The molecule has 1 heteroatoms. The quantitative estimate of drug-likeness (QED) is 0.411. The Labute approximate surface area is 148 Å². The lowest BCUT2D eigenvalue weighted by atomic mass is 9.93. The number of hydrogen-bond acceptors (Lipinski definition) is 1. The Kier molecular flexibility index (Phi) is 3.85. The first-order valence-electron chi connectivity index (χ1n) is 8.65. The van der Waals surface area contributed by atoms with Gasteiger partial charge in [0.25, 0.3) is 0 Å². The van der Waals surface area contributed by atoms with Crippen LogP contribution in [0.4, 0.5) is 0 Å². The van der Waals surface area contributed by atoms with Crippen LogP contribution in [-0.4, -0.2) is 0 Å². The van der Waals surface area contributed by atoms with Gasteiger partial charge in [-0.05, 0) is 52.4 Å². The van der Waals surface area contributed by atoms with Gasteiger partial charge in [-0.25, -0.2) is 0 Å².